The first-order valence-electron chi connectivity index (χ1n) is 12.4. The third-order valence-corrected chi connectivity index (χ3v) is 7.75. The monoisotopic (exact) mass is 531 g/mol. The second-order valence-electron chi connectivity index (χ2n) is 9.54. The Labute approximate surface area is 217 Å². The second kappa shape index (κ2) is 12.3. The molecule has 200 valence electrons. The first-order chi connectivity index (χ1) is 17.5. The molecule has 2 aromatic rings. The molecule has 37 heavy (non-hydrogen) atoms. The number of halogens is 1. The smallest absolute Gasteiger partial charge is 0.244 e. The topological polar surface area (TPSA) is 104 Å². The number of carbonyl (C=O) groups is 3. The molecule has 1 aliphatic rings. The Hall–Kier alpha value is -3.27. The van der Waals surface area contributed by atoms with Crippen LogP contribution in [0.4, 0.5) is 10.1 Å². The first-order valence-corrected chi connectivity index (χ1v) is 14.2. The fourth-order valence-electron chi connectivity index (χ4n) is 4.43. The van der Waals surface area contributed by atoms with Crippen LogP contribution in [0.5, 0.6) is 0 Å². The van der Waals surface area contributed by atoms with Gasteiger partial charge < -0.3 is 10.2 Å². The third-order valence-electron chi connectivity index (χ3n) is 6.60. The summed E-state index contributed by atoms with van der Waals surface area (Å²) in [6.45, 7) is 2.39. The summed E-state index contributed by atoms with van der Waals surface area (Å²) >= 11 is 0. The predicted octanol–water partition coefficient (Wildman–Crippen LogP) is 3.66. The van der Waals surface area contributed by atoms with Gasteiger partial charge in [-0.05, 0) is 56.5 Å². The summed E-state index contributed by atoms with van der Waals surface area (Å²) in [5.41, 5.74) is 1.07. The lowest BCUT2D eigenvalue weighted by Crippen LogP contribution is -2.53. The van der Waals surface area contributed by atoms with Crippen molar-refractivity contribution in [1.82, 2.24) is 10.2 Å². The Balaban J connectivity index is 1.89. The fraction of sp³-hybridized carbons (Fsp3) is 0.444. The van der Waals surface area contributed by atoms with Crippen LogP contribution >= 0.6 is 0 Å². The number of rotatable bonds is 10. The Kier molecular flexibility index (Phi) is 9.42. The first kappa shape index (κ1) is 28.3. The summed E-state index contributed by atoms with van der Waals surface area (Å²) in [7, 11) is -3.91. The summed E-state index contributed by atoms with van der Waals surface area (Å²) in [4.78, 5) is 39.9. The Morgan fingerprint density at radius 1 is 1.05 bits per heavy atom. The van der Waals surface area contributed by atoms with Crippen molar-refractivity contribution < 1.29 is 27.2 Å². The third kappa shape index (κ3) is 7.85. The van der Waals surface area contributed by atoms with E-state index >= 15 is 0 Å². The number of hydrogen-bond donors (Lipinski definition) is 1. The molecule has 10 heteroatoms. The Bertz CT molecular complexity index is 1230. The highest BCUT2D eigenvalue weighted by Crippen LogP contribution is 2.22. The zero-order valence-electron chi connectivity index (χ0n) is 21.4. The van der Waals surface area contributed by atoms with Crippen molar-refractivity contribution in [2.24, 2.45) is 0 Å². The van der Waals surface area contributed by atoms with E-state index in [2.05, 4.69) is 5.32 Å². The van der Waals surface area contributed by atoms with Gasteiger partial charge in [0.15, 0.2) is 5.78 Å². The summed E-state index contributed by atoms with van der Waals surface area (Å²) in [6.07, 6.45) is 5.91. The van der Waals surface area contributed by atoms with Crippen molar-refractivity contribution in [1.29, 1.82) is 0 Å². The van der Waals surface area contributed by atoms with E-state index in [9.17, 15) is 27.2 Å². The highest BCUT2D eigenvalue weighted by Gasteiger charge is 2.31. The fourth-order valence-corrected chi connectivity index (χ4v) is 5.27. The molecule has 1 unspecified atom stereocenters. The van der Waals surface area contributed by atoms with Crippen molar-refractivity contribution in [3.8, 4) is 0 Å². The zero-order chi connectivity index (χ0) is 27.2. The van der Waals surface area contributed by atoms with Crippen molar-refractivity contribution in [3.63, 3.8) is 0 Å². The molecule has 3 rings (SSSR count). The van der Waals surface area contributed by atoms with Gasteiger partial charge in [0.25, 0.3) is 0 Å². The maximum atomic E-state index is 13.6. The lowest BCUT2D eigenvalue weighted by Gasteiger charge is -2.33. The molecule has 0 bridgehead atoms. The van der Waals surface area contributed by atoms with E-state index in [1.807, 2.05) is 0 Å². The van der Waals surface area contributed by atoms with Crippen LogP contribution < -0.4 is 9.62 Å². The summed E-state index contributed by atoms with van der Waals surface area (Å²) in [6, 6.07) is 10.7. The number of amides is 2. The van der Waals surface area contributed by atoms with Crippen LogP contribution in [0.3, 0.4) is 0 Å². The molecule has 8 nitrogen and oxygen atoms in total. The lowest BCUT2D eigenvalue weighted by molar-refractivity contribution is -0.139. The molecule has 1 atom stereocenters. The van der Waals surface area contributed by atoms with Crippen LogP contribution in [-0.4, -0.2) is 55.8 Å². The molecule has 1 fully saturated rings. The molecule has 1 saturated carbocycles. The van der Waals surface area contributed by atoms with Gasteiger partial charge in [0.2, 0.25) is 21.8 Å². The summed E-state index contributed by atoms with van der Waals surface area (Å²) in [5.74, 6) is -1.60. The van der Waals surface area contributed by atoms with Crippen LogP contribution in [0.1, 0.15) is 61.9 Å². The number of Topliss-reactive ketones (excluding diaryl/α,β-unsaturated/α-hetero) is 1. The van der Waals surface area contributed by atoms with Gasteiger partial charge in [0.05, 0.1) is 11.9 Å². The van der Waals surface area contributed by atoms with E-state index < -0.39 is 34.3 Å². The molecule has 2 amide bonds. The van der Waals surface area contributed by atoms with Crippen LogP contribution in [0, 0.1) is 5.82 Å². The van der Waals surface area contributed by atoms with Gasteiger partial charge in [0, 0.05) is 18.2 Å². The van der Waals surface area contributed by atoms with Crippen LogP contribution in [0.15, 0.2) is 48.5 Å². The van der Waals surface area contributed by atoms with Crippen molar-refractivity contribution >= 4 is 33.3 Å². The minimum atomic E-state index is -3.91. The molecular formula is C27H34FN3O5S. The number of nitrogens with one attached hydrogen (secondary N) is 1. The SMILES string of the molecule is CC(=O)c1cccc(N(CC(=O)N(Cc2ccc(F)cc2)C(C)C(=O)NC2CCCCC2)S(C)(=O)=O)c1. The highest BCUT2D eigenvalue weighted by atomic mass is 32.2. The number of sulfonamides is 1. The van der Waals surface area contributed by atoms with E-state index in [-0.39, 0.29) is 30.0 Å². The largest absolute Gasteiger partial charge is 0.352 e. The molecule has 0 aromatic heterocycles. The number of hydrogen-bond acceptors (Lipinski definition) is 5. The molecule has 2 aromatic carbocycles. The molecule has 1 N–H and O–H groups in total. The van der Waals surface area contributed by atoms with Gasteiger partial charge in [-0.25, -0.2) is 12.8 Å². The molecule has 0 saturated heterocycles. The number of nitrogens with zero attached hydrogens (tertiary/aromatic N) is 2. The standard InChI is InChI=1S/C27H34FN3O5S/c1-19(27(34)29-24-9-5-4-6-10-24)30(17-21-12-14-23(28)15-13-21)26(33)18-31(37(3,35)36)25-11-7-8-22(16-25)20(2)32/h7-8,11-16,19,24H,4-6,9-10,17-18H2,1-3H3,(H,29,34). The summed E-state index contributed by atoms with van der Waals surface area (Å²) < 4.78 is 39.8. The van der Waals surface area contributed by atoms with Crippen molar-refractivity contribution in [2.75, 3.05) is 17.1 Å². The maximum absolute atomic E-state index is 13.6. The number of carbonyl (C=O) groups excluding carboxylic acids is 3. The molecule has 0 radical (unpaired) electrons. The van der Waals surface area contributed by atoms with Crippen LogP contribution in [0.25, 0.3) is 0 Å². The Morgan fingerprint density at radius 3 is 2.30 bits per heavy atom. The van der Waals surface area contributed by atoms with E-state index in [4.69, 9.17) is 0 Å². The lowest BCUT2D eigenvalue weighted by atomic mass is 9.95. The quantitative estimate of drug-likeness (QED) is 0.472. The second-order valence-corrected chi connectivity index (χ2v) is 11.5. The minimum absolute atomic E-state index is 0.0105. The average Bonchev–Trinajstić information content (AvgIpc) is 2.86. The maximum Gasteiger partial charge on any atom is 0.244 e. The van der Waals surface area contributed by atoms with Crippen molar-refractivity contribution in [3.05, 3.63) is 65.5 Å². The molecule has 0 aliphatic heterocycles. The van der Waals surface area contributed by atoms with Gasteiger partial charge >= 0.3 is 0 Å². The van der Waals surface area contributed by atoms with E-state index in [1.54, 1.807) is 19.1 Å². The Morgan fingerprint density at radius 2 is 1.70 bits per heavy atom. The predicted molar refractivity (Wildman–Crippen MR) is 140 cm³/mol. The number of anilines is 1. The molecule has 0 heterocycles. The van der Waals surface area contributed by atoms with Gasteiger partial charge in [-0.1, -0.05) is 43.5 Å². The average molecular weight is 532 g/mol. The van der Waals surface area contributed by atoms with E-state index in [0.29, 0.717) is 11.1 Å². The minimum Gasteiger partial charge on any atom is -0.352 e. The molecule has 0 spiro atoms. The van der Waals surface area contributed by atoms with Gasteiger partial charge in [-0.2, -0.15) is 0 Å². The number of benzene rings is 2. The van der Waals surface area contributed by atoms with E-state index in [0.717, 1.165) is 42.7 Å². The van der Waals surface area contributed by atoms with Gasteiger partial charge in [-0.15, -0.1) is 0 Å². The molecule has 1 aliphatic carbocycles. The summed E-state index contributed by atoms with van der Waals surface area (Å²) in [5, 5.41) is 3.02. The van der Waals surface area contributed by atoms with Gasteiger partial charge in [0.1, 0.15) is 18.4 Å². The number of ketones is 1. The van der Waals surface area contributed by atoms with Crippen LogP contribution in [0.2, 0.25) is 0 Å². The van der Waals surface area contributed by atoms with Gasteiger partial charge in [-0.3, -0.25) is 18.7 Å². The van der Waals surface area contributed by atoms with Crippen LogP contribution in [-0.2, 0) is 26.2 Å². The van der Waals surface area contributed by atoms with Crippen molar-refractivity contribution in [2.45, 2.75) is 64.6 Å². The zero-order valence-corrected chi connectivity index (χ0v) is 22.3. The molecular weight excluding hydrogens is 497 g/mol. The van der Waals surface area contributed by atoms with E-state index in [1.165, 1.54) is 48.2 Å². The highest BCUT2D eigenvalue weighted by molar-refractivity contribution is 7.92. The normalized spacial score (nSPS) is 15.0.